The Morgan fingerprint density at radius 2 is 2.00 bits per heavy atom. The van der Waals surface area contributed by atoms with Crippen molar-refractivity contribution in [3.05, 3.63) is 0 Å². The van der Waals surface area contributed by atoms with Crippen molar-refractivity contribution in [3.8, 4) is 0 Å². The maximum absolute atomic E-state index is 10.9. The van der Waals surface area contributed by atoms with Gasteiger partial charge < -0.3 is 0 Å². The summed E-state index contributed by atoms with van der Waals surface area (Å²) in [6, 6.07) is -0.969. The molecule has 12 heavy (non-hydrogen) atoms. The van der Waals surface area contributed by atoms with E-state index in [1.165, 1.54) is 0 Å². The number of hydrogen-bond donors (Lipinski definition) is 1. The zero-order valence-electron chi connectivity index (χ0n) is 6.29. The lowest BCUT2D eigenvalue weighted by atomic mass is 10.3. The highest BCUT2D eigenvalue weighted by atomic mass is 16.2. The van der Waals surface area contributed by atoms with Gasteiger partial charge in [-0.3, -0.25) is 19.7 Å². The SMILES string of the molecule is CC(=O)N1C(=O)CC(=O)NC1=O. The van der Waals surface area contributed by atoms with Crippen LogP contribution in [0.2, 0.25) is 0 Å². The molecule has 6 nitrogen and oxygen atoms in total. The van der Waals surface area contributed by atoms with E-state index < -0.39 is 30.2 Å². The highest BCUT2D eigenvalue weighted by Crippen LogP contribution is 2.02. The van der Waals surface area contributed by atoms with Gasteiger partial charge in [-0.05, 0) is 0 Å². The van der Waals surface area contributed by atoms with E-state index in [4.69, 9.17) is 0 Å². The Labute approximate surface area is 67.5 Å². The number of amides is 5. The Kier molecular flexibility index (Phi) is 1.90. The van der Waals surface area contributed by atoms with Crippen LogP contribution in [0.5, 0.6) is 0 Å². The lowest BCUT2D eigenvalue weighted by Gasteiger charge is -2.20. The molecule has 1 rings (SSSR count). The standard InChI is InChI=1S/C6H6N2O4/c1-3(9)8-5(11)2-4(10)7-6(8)12/h2H2,1H3,(H,7,10,12). The molecule has 0 bridgehead atoms. The number of carbonyl (C=O) groups excluding carboxylic acids is 4. The average Bonchev–Trinajstić information content (AvgIpc) is 1.82. The van der Waals surface area contributed by atoms with Crippen molar-refractivity contribution in [1.82, 2.24) is 10.2 Å². The van der Waals surface area contributed by atoms with Crippen molar-refractivity contribution < 1.29 is 19.2 Å². The Balaban J connectivity index is 2.88. The first-order valence-corrected chi connectivity index (χ1v) is 3.19. The van der Waals surface area contributed by atoms with Gasteiger partial charge in [0.25, 0.3) is 0 Å². The molecular formula is C6H6N2O4. The number of nitrogens with zero attached hydrogens (tertiary/aromatic N) is 1. The summed E-state index contributed by atoms with van der Waals surface area (Å²) in [5.41, 5.74) is 0. The smallest absolute Gasteiger partial charge is 0.277 e. The Morgan fingerprint density at radius 1 is 1.42 bits per heavy atom. The maximum Gasteiger partial charge on any atom is 0.337 e. The monoisotopic (exact) mass is 170 g/mol. The van der Waals surface area contributed by atoms with Crippen LogP contribution in [0.25, 0.3) is 0 Å². The molecule has 1 saturated heterocycles. The lowest BCUT2D eigenvalue weighted by Crippen LogP contribution is -2.54. The van der Waals surface area contributed by atoms with Gasteiger partial charge in [0.05, 0.1) is 0 Å². The van der Waals surface area contributed by atoms with Crippen LogP contribution in [0.4, 0.5) is 4.79 Å². The Morgan fingerprint density at radius 3 is 2.42 bits per heavy atom. The summed E-state index contributed by atoms with van der Waals surface area (Å²) in [5.74, 6) is -2.15. The second-order valence-electron chi connectivity index (χ2n) is 2.28. The van der Waals surface area contributed by atoms with Crippen LogP contribution in [0.1, 0.15) is 13.3 Å². The molecule has 1 aliphatic heterocycles. The highest BCUT2D eigenvalue weighted by Gasteiger charge is 2.33. The number of urea groups is 1. The summed E-state index contributed by atoms with van der Waals surface area (Å²) in [5, 5.41) is 1.85. The first-order valence-electron chi connectivity index (χ1n) is 3.19. The second kappa shape index (κ2) is 2.72. The fourth-order valence-corrected chi connectivity index (χ4v) is 0.868. The summed E-state index contributed by atoms with van der Waals surface area (Å²) < 4.78 is 0. The molecule has 0 aromatic carbocycles. The minimum absolute atomic E-state index is 0.404. The maximum atomic E-state index is 10.9. The molecule has 0 unspecified atom stereocenters. The first kappa shape index (κ1) is 8.38. The topological polar surface area (TPSA) is 83.6 Å². The molecule has 1 heterocycles. The molecule has 0 radical (unpaired) electrons. The predicted molar refractivity (Wildman–Crippen MR) is 35.7 cm³/mol. The van der Waals surface area contributed by atoms with E-state index >= 15 is 0 Å². The number of carbonyl (C=O) groups is 4. The predicted octanol–water partition coefficient (Wildman–Crippen LogP) is -0.999. The van der Waals surface area contributed by atoms with Crippen molar-refractivity contribution in [2.75, 3.05) is 0 Å². The lowest BCUT2D eigenvalue weighted by molar-refractivity contribution is -0.143. The van der Waals surface area contributed by atoms with Gasteiger partial charge in [-0.25, -0.2) is 4.79 Å². The van der Waals surface area contributed by atoms with Gasteiger partial charge in [0.2, 0.25) is 17.7 Å². The van der Waals surface area contributed by atoms with Crippen LogP contribution in [0, 0.1) is 0 Å². The number of nitrogens with one attached hydrogen (secondary N) is 1. The van der Waals surface area contributed by atoms with Gasteiger partial charge in [-0.1, -0.05) is 0 Å². The summed E-state index contributed by atoms with van der Waals surface area (Å²) in [6.07, 6.45) is -0.453. The molecule has 0 aliphatic carbocycles. The molecule has 0 spiro atoms. The zero-order chi connectivity index (χ0) is 9.30. The van der Waals surface area contributed by atoms with Gasteiger partial charge >= 0.3 is 6.03 Å². The van der Waals surface area contributed by atoms with E-state index in [9.17, 15) is 19.2 Å². The van der Waals surface area contributed by atoms with Gasteiger partial charge in [0.1, 0.15) is 6.42 Å². The van der Waals surface area contributed by atoms with Crippen molar-refractivity contribution in [2.24, 2.45) is 0 Å². The first-order chi connectivity index (χ1) is 5.52. The van der Waals surface area contributed by atoms with Crippen LogP contribution >= 0.6 is 0 Å². The van der Waals surface area contributed by atoms with E-state index in [1.54, 1.807) is 0 Å². The molecule has 0 atom stereocenters. The van der Waals surface area contributed by atoms with Crippen molar-refractivity contribution in [3.63, 3.8) is 0 Å². The van der Waals surface area contributed by atoms with Gasteiger partial charge in [-0.15, -0.1) is 0 Å². The molecular weight excluding hydrogens is 164 g/mol. The quantitative estimate of drug-likeness (QED) is 0.472. The second-order valence-corrected chi connectivity index (χ2v) is 2.28. The van der Waals surface area contributed by atoms with E-state index in [0.29, 0.717) is 4.90 Å². The third-order valence-corrected chi connectivity index (χ3v) is 1.33. The largest absolute Gasteiger partial charge is 0.337 e. The van der Waals surface area contributed by atoms with E-state index in [-0.39, 0.29) is 0 Å². The third kappa shape index (κ3) is 1.31. The summed E-state index contributed by atoms with van der Waals surface area (Å²) in [4.78, 5) is 43.3. The average molecular weight is 170 g/mol. The fourth-order valence-electron chi connectivity index (χ4n) is 0.868. The van der Waals surface area contributed by atoms with E-state index in [0.717, 1.165) is 6.92 Å². The summed E-state index contributed by atoms with van der Waals surface area (Å²) in [6.45, 7) is 1.08. The molecule has 1 N–H and O–H groups in total. The number of imide groups is 4. The van der Waals surface area contributed by atoms with Crippen LogP contribution in [0.15, 0.2) is 0 Å². The number of hydrogen-bond acceptors (Lipinski definition) is 4. The van der Waals surface area contributed by atoms with E-state index in [1.807, 2.05) is 5.32 Å². The third-order valence-electron chi connectivity index (χ3n) is 1.33. The highest BCUT2D eigenvalue weighted by molar-refractivity contribution is 6.21. The molecule has 0 aromatic heterocycles. The summed E-state index contributed by atoms with van der Waals surface area (Å²) >= 11 is 0. The van der Waals surface area contributed by atoms with Crippen molar-refractivity contribution >= 4 is 23.8 Å². The van der Waals surface area contributed by atoms with Crippen LogP contribution in [-0.4, -0.2) is 28.7 Å². The molecule has 6 heteroatoms. The molecule has 5 amide bonds. The molecule has 64 valence electrons. The zero-order valence-corrected chi connectivity index (χ0v) is 6.29. The normalized spacial score (nSPS) is 17.8. The van der Waals surface area contributed by atoms with Gasteiger partial charge in [0.15, 0.2) is 0 Å². The molecule has 0 aromatic rings. The minimum atomic E-state index is -0.969. The van der Waals surface area contributed by atoms with Gasteiger partial charge in [-0.2, -0.15) is 4.90 Å². The molecule has 0 saturated carbocycles. The van der Waals surface area contributed by atoms with Crippen LogP contribution < -0.4 is 5.32 Å². The fraction of sp³-hybridized carbons (Fsp3) is 0.333. The van der Waals surface area contributed by atoms with E-state index in [2.05, 4.69) is 0 Å². The number of barbiturate groups is 1. The van der Waals surface area contributed by atoms with Crippen molar-refractivity contribution in [1.29, 1.82) is 0 Å². The van der Waals surface area contributed by atoms with Gasteiger partial charge in [0, 0.05) is 6.92 Å². The molecule has 1 fully saturated rings. The Hall–Kier alpha value is -1.72. The van der Waals surface area contributed by atoms with Crippen molar-refractivity contribution in [2.45, 2.75) is 13.3 Å². The minimum Gasteiger partial charge on any atom is -0.277 e. The number of rotatable bonds is 0. The molecule has 1 aliphatic rings. The Bertz CT molecular complexity index is 263. The van der Waals surface area contributed by atoms with Crippen LogP contribution in [0.3, 0.4) is 0 Å². The summed E-state index contributed by atoms with van der Waals surface area (Å²) in [7, 11) is 0. The van der Waals surface area contributed by atoms with Crippen LogP contribution in [-0.2, 0) is 14.4 Å².